The van der Waals surface area contributed by atoms with Gasteiger partial charge >= 0.3 is 18.1 Å². The van der Waals surface area contributed by atoms with Gasteiger partial charge in [0.05, 0.1) is 0 Å². The fourth-order valence-corrected chi connectivity index (χ4v) is 2.56. The van der Waals surface area contributed by atoms with Crippen LogP contribution in [0.4, 0.5) is 13.2 Å². The lowest BCUT2D eigenvalue weighted by Gasteiger charge is -2.34. The highest BCUT2D eigenvalue weighted by atomic mass is 79.9. The van der Waals surface area contributed by atoms with Crippen molar-refractivity contribution in [3.63, 3.8) is 0 Å². The average molecular weight is 352 g/mol. The van der Waals surface area contributed by atoms with Gasteiger partial charge in [0.2, 0.25) is 0 Å². The summed E-state index contributed by atoms with van der Waals surface area (Å²) in [7, 11) is 0. The maximum atomic E-state index is 12.5. The van der Waals surface area contributed by atoms with Gasteiger partial charge in [-0.25, -0.2) is 4.79 Å². The van der Waals surface area contributed by atoms with E-state index in [2.05, 4.69) is 15.9 Å². The fourth-order valence-electron chi connectivity index (χ4n) is 2.15. The molecule has 0 spiro atoms. The predicted octanol–water partition coefficient (Wildman–Crippen LogP) is 2.35. The van der Waals surface area contributed by atoms with Crippen LogP contribution in [0.1, 0.15) is 11.1 Å². The normalized spacial score (nSPS) is 18.6. The monoisotopic (exact) mass is 351 g/mol. The zero-order valence-corrected chi connectivity index (χ0v) is 11.5. The first-order chi connectivity index (χ1) is 9.20. The van der Waals surface area contributed by atoms with Crippen LogP contribution in [0.15, 0.2) is 22.7 Å². The van der Waals surface area contributed by atoms with Gasteiger partial charge in [-0.05, 0) is 23.3 Å². The Hall–Kier alpha value is -1.57. The van der Waals surface area contributed by atoms with Crippen molar-refractivity contribution in [2.24, 2.45) is 0 Å². The number of carbonyl (C=O) groups excluding carboxylic acids is 1. The summed E-state index contributed by atoms with van der Waals surface area (Å²) in [4.78, 5) is 22.8. The number of carboxylic acids is 1. The molecule has 0 aliphatic carbocycles. The maximum absolute atomic E-state index is 12.5. The quantitative estimate of drug-likeness (QED) is 0.844. The molecule has 0 aromatic heterocycles. The third-order valence-electron chi connectivity index (χ3n) is 3.09. The summed E-state index contributed by atoms with van der Waals surface area (Å²) in [6.45, 7) is -0.371. The Bertz CT molecular complexity index is 574. The molecule has 1 aromatic rings. The number of aliphatic carboxylic acids is 1. The molecular formula is C12H9BrF3NO3. The van der Waals surface area contributed by atoms with Gasteiger partial charge in [-0.1, -0.05) is 22.0 Å². The molecule has 0 fully saturated rings. The van der Waals surface area contributed by atoms with Gasteiger partial charge in [0.1, 0.15) is 6.04 Å². The molecule has 2 rings (SSSR count). The van der Waals surface area contributed by atoms with E-state index >= 15 is 0 Å². The molecule has 1 atom stereocenters. The first kappa shape index (κ1) is 14.8. The van der Waals surface area contributed by atoms with E-state index in [1.807, 2.05) is 0 Å². The third-order valence-corrected chi connectivity index (χ3v) is 3.58. The smallest absolute Gasteiger partial charge is 0.471 e. The lowest BCUT2D eigenvalue weighted by atomic mass is 9.94. The number of carbonyl (C=O) groups is 2. The lowest BCUT2D eigenvalue weighted by molar-refractivity contribution is -0.191. The molecule has 0 unspecified atom stereocenters. The summed E-state index contributed by atoms with van der Waals surface area (Å²) in [6.07, 6.45) is -5.23. The Morgan fingerprint density at radius 3 is 2.50 bits per heavy atom. The van der Waals surface area contributed by atoms with E-state index in [1.165, 1.54) is 0 Å². The number of hydrogen-bond donors (Lipinski definition) is 1. The average Bonchev–Trinajstić information content (AvgIpc) is 2.34. The van der Waals surface area contributed by atoms with E-state index in [0.717, 1.165) is 0 Å². The van der Waals surface area contributed by atoms with Gasteiger partial charge in [-0.3, -0.25) is 4.79 Å². The molecule has 1 heterocycles. The number of halogens is 4. The molecule has 1 aliphatic heterocycles. The lowest BCUT2D eigenvalue weighted by Crippen LogP contribution is -2.52. The van der Waals surface area contributed by atoms with E-state index < -0.39 is 24.1 Å². The molecule has 1 aromatic carbocycles. The minimum atomic E-state index is -5.09. The molecule has 0 saturated heterocycles. The van der Waals surface area contributed by atoms with E-state index in [0.29, 0.717) is 20.5 Å². The molecular weight excluding hydrogens is 343 g/mol. The first-order valence-corrected chi connectivity index (χ1v) is 6.37. The largest absolute Gasteiger partial charge is 0.480 e. The Morgan fingerprint density at radius 2 is 1.95 bits per heavy atom. The number of rotatable bonds is 1. The van der Waals surface area contributed by atoms with E-state index in [9.17, 15) is 22.8 Å². The molecule has 20 heavy (non-hydrogen) atoms. The van der Waals surface area contributed by atoms with Gasteiger partial charge in [0, 0.05) is 17.4 Å². The van der Waals surface area contributed by atoms with Crippen molar-refractivity contribution in [1.29, 1.82) is 0 Å². The number of benzene rings is 1. The van der Waals surface area contributed by atoms with Gasteiger partial charge in [0.25, 0.3) is 0 Å². The minimum Gasteiger partial charge on any atom is -0.480 e. The summed E-state index contributed by atoms with van der Waals surface area (Å²) in [6, 6.07) is 3.41. The number of carboxylic acid groups (broad SMARTS) is 1. The second-order valence-electron chi connectivity index (χ2n) is 4.40. The number of amides is 1. The topological polar surface area (TPSA) is 57.6 Å². The molecule has 1 aliphatic rings. The number of alkyl halides is 3. The van der Waals surface area contributed by atoms with Crippen molar-refractivity contribution in [3.05, 3.63) is 33.8 Å². The van der Waals surface area contributed by atoms with Crippen LogP contribution in [0.25, 0.3) is 0 Å². The van der Waals surface area contributed by atoms with Gasteiger partial charge in [0.15, 0.2) is 0 Å². The standard InChI is InChI=1S/C12H9BrF3NO3/c13-8-2-1-6-4-9(10(18)19)17(5-7(6)3-8)11(20)12(14,15)16/h1-3,9H,4-5H2,(H,18,19)/t9-/m1/s1. The third kappa shape index (κ3) is 2.79. The van der Waals surface area contributed by atoms with E-state index in [-0.39, 0.29) is 13.0 Å². The van der Waals surface area contributed by atoms with Crippen molar-refractivity contribution in [2.75, 3.05) is 0 Å². The van der Waals surface area contributed by atoms with Crippen LogP contribution in [-0.2, 0) is 22.6 Å². The summed E-state index contributed by atoms with van der Waals surface area (Å²) in [5, 5.41) is 9.03. The van der Waals surface area contributed by atoms with Crippen LogP contribution >= 0.6 is 15.9 Å². The second kappa shape index (κ2) is 5.08. The summed E-state index contributed by atoms with van der Waals surface area (Å²) < 4.78 is 38.3. The molecule has 1 N–H and O–H groups in total. The Kier molecular flexibility index (Phi) is 3.77. The van der Waals surface area contributed by atoms with Crippen LogP contribution in [0.5, 0.6) is 0 Å². The van der Waals surface area contributed by atoms with Gasteiger partial charge in [-0.15, -0.1) is 0 Å². The summed E-state index contributed by atoms with van der Waals surface area (Å²) in [5.41, 5.74) is 1.14. The fraction of sp³-hybridized carbons (Fsp3) is 0.333. The van der Waals surface area contributed by atoms with Gasteiger partial charge in [-0.2, -0.15) is 13.2 Å². The molecule has 108 valence electrons. The zero-order valence-electron chi connectivity index (χ0n) is 9.95. The Morgan fingerprint density at radius 1 is 1.30 bits per heavy atom. The number of hydrogen-bond acceptors (Lipinski definition) is 2. The molecule has 4 nitrogen and oxygen atoms in total. The van der Waals surface area contributed by atoms with Crippen LogP contribution in [0, 0.1) is 0 Å². The molecule has 0 radical (unpaired) electrons. The molecule has 8 heteroatoms. The summed E-state index contributed by atoms with van der Waals surface area (Å²) in [5.74, 6) is -3.58. The van der Waals surface area contributed by atoms with E-state index in [1.54, 1.807) is 18.2 Å². The van der Waals surface area contributed by atoms with Crippen molar-refractivity contribution in [1.82, 2.24) is 4.90 Å². The van der Waals surface area contributed by atoms with Crippen LogP contribution < -0.4 is 0 Å². The molecule has 0 saturated carbocycles. The summed E-state index contributed by atoms with van der Waals surface area (Å²) >= 11 is 3.19. The second-order valence-corrected chi connectivity index (χ2v) is 5.32. The minimum absolute atomic E-state index is 0.139. The zero-order chi connectivity index (χ0) is 15.1. The van der Waals surface area contributed by atoms with Gasteiger partial charge < -0.3 is 10.0 Å². The highest BCUT2D eigenvalue weighted by Crippen LogP contribution is 2.30. The Labute approximate surface area is 120 Å². The molecule has 0 bridgehead atoms. The highest BCUT2D eigenvalue weighted by Gasteiger charge is 2.47. The van der Waals surface area contributed by atoms with Crippen LogP contribution in [0.3, 0.4) is 0 Å². The highest BCUT2D eigenvalue weighted by molar-refractivity contribution is 9.10. The molecule has 1 amide bonds. The van der Waals surface area contributed by atoms with Crippen molar-refractivity contribution >= 4 is 27.8 Å². The number of nitrogens with zero attached hydrogens (tertiary/aromatic N) is 1. The van der Waals surface area contributed by atoms with Crippen molar-refractivity contribution in [2.45, 2.75) is 25.2 Å². The first-order valence-electron chi connectivity index (χ1n) is 5.58. The SMILES string of the molecule is O=C(O)[C@H]1Cc2ccc(Br)cc2CN1C(=O)C(F)(F)F. The number of fused-ring (bicyclic) bond motifs is 1. The Balaban J connectivity index is 2.40. The van der Waals surface area contributed by atoms with E-state index in [4.69, 9.17) is 5.11 Å². The van der Waals surface area contributed by atoms with Crippen LogP contribution in [-0.4, -0.2) is 34.1 Å². The van der Waals surface area contributed by atoms with Crippen molar-refractivity contribution < 1.29 is 27.9 Å². The predicted molar refractivity (Wildman–Crippen MR) is 65.9 cm³/mol. The van der Waals surface area contributed by atoms with Crippen LogP contribution in [0.2, 0.25) is 0 Å². The van der Waals surface area contributed by atoms with Crippen molar-refractivity contribution in [3.8, 4) is 0 Å². The maximum Gasteiger partial charge on any atom is 0.471 e.